The van der Waals surface area contributed by atoms with E-state index < -0.39 is 0 Å². The number of nitrogens with one attached hydrogen (secondary N) is 2. The average Bonchev–Trinajstić information content (AvgIpc) is 2.83. The van der Waals surface area contributed by atoms with Gasteiger partial charge >= 0.3 is 0 Å². The first-order chi connectivity index (χ1) is 16.4. The van der Waals surface area contributed by atoms with Crippen LogP contribution in [-0.2, 0) is 22.6 Å². The van der Waals surface area contributed by atoms with E-state index in [-0.39, 0.29) is 42.8 Å². The van der Waals surface area contributed by atoms with Crippen LogP contribution in [0.25, 0.3) is 11.0 Å². The van der Waals surface area contributed by atoms with E-state index in [1.165, 1.54) is 11.0 Å². The normalized spacial score (nSPS) is 14.2. The molecule has 0 spiro atoms. The SMILES string of the molecule is Cc1ccc(NC(=O)Cn2c(=O)c(CCC(=O)NC3CCCCC3)nc3ccccc32)cc1C. The summed E-state index contributed by atoms with van der Waals surface area (Å²) >= 11 is 0. The fourth-order valence-corrected chi connectivity index (χ4v) is 4.51. The lowest BCUT2D eigenvalue weighted by atomic mass is 9.95. The molecule has 1 heterocycles. The number of anilines is 1. The Kier molecular flexibility index (Phi) is 7.40. The number of amides is 2. The summed E-state index contributed by atoms with van der Waals surface area (Å²) in [7, 11) is 0. The fraction of sp³-hybridized carbons (Fsp3) is 0.407. The first-order valence-corrected chi connectivity index (χ1v) is 12.1. The standard InChI is InChI=1S/C27H32N4O3/c1-18-12-13-21(16-19(18)2)29-26(33)17-31-24-11-7-6-10-22(24)30-23(27(31)34)14-15-25(32)28-20-8-4-3-5-9-20/h6-7,10-13,16,20H,3-5,8-9,14-15,17H2,1-2H3,(H,28,32)(H,29,33). The van der Waals surface area contributed by atoms with Crippen molar-refractivity contribution < 1.29 is 9.59 Å². The van der Waals surface area contributed by atoms with Crippen molar-refractivity contribution in [1.29, 1.82) is 0 Å². The summed E-state index contributed by atoms with van der Waals surface area (Å²) in [5.41, 5.74) is 4.11. The number of carbonyl (C=O) groups excluding carboxylic acids is 2. The maximum Gasteiger partial charge on any atom is 0.273 e. The summed E-state index contributed by atoms with van der Waals surface area (Å²) in [4.78, 5) is 43.1. The predicted octanol–water partition coefficient (Wildman–Crippen LogP) is 4.03. The van der Waals surface area contributed by atoms with Gasteiger partial charge in [0.05, 0.1) is 11.0 Å². The smallest absolute Gasteiger partial charge is 0.273 e. The highest BCUT2D eigenvalue weighted by Gasteiger charge is 2.18. The van der Waals surface area contributed by atoms with Crippen LogP contribution in [0.4, 0.5) is 5.69 Å². The number of hydrogen-bond acceptors (Lipinski definition) is 4. The highest BCUT2D eigenvalue weighted by Crippen LogP contribution is 2.18. The molecule has 7 nitrogen and oxygen atoms in total. The molecule has 1 fully saturated rings. The number of nitrogens with zero attached hydrogens (tertiary/aromatic N) is 2. The summed E-state index contributed by atoms with van der Waals surface area (Å²) in [5.74, 6) is -0.344. The Hall–Kier alpha value is -3.48. The Morgan fingerprint density at radius 2 is 1.76 bits per heavy atom. The van der Waals surface area contributed by atoms with Gasteiger partial charge in [-0.2, -0.15) is 0 Å². The third-order valence-electron chi connectivity index (χ3n) is 6.57. The molecule has 1 aliphatic rings. The van der Waals surface area contributed by atoms with Gasteiger partial charge in [0, 0.05) is 24.6 Å². The van der Waals surface area contributed by atoms with Crippen molar-refractivity contribution in [3.05, 3.63) is 69.6 Å². The monoisotopic (exact) mass is 460 g/mol. The number of aryl methyl sites for hydroxylation is 3. The number of aromatic nitrogens is 2. The zero-order valence-corrected chi connectivity index (χ0v) is 19.9. The Labute approximate surface area is 199 Å². The summed E-state index contributed by atoms with van der Waals surface area (Å²) in [6, 6.07) is 13.2. The molecule has 0 unspecified atom stereocenters. The first-order valence-electron chi connectivity index (χ1n) is 12.1. The molecule has 7 heteroatoms. The second-order valence-electron chi connectivity index (χ2n) is 9.19. The Morgan fingerprint density at radius 1 is 1.00 bits per heavy atom. The summed E-state index contributed by atoms with van der Waals surface area (Å²) in [5, 5.41) is 5.97. The second-order valence-corrected chi connectivity index (χ2v) is 9.19. The molecule has 3 aromatic rings. The molecule has 2 aromatic carbocycles. The molecule has 2 N–H and O–H groups in total. The molecule has 0 aliphatic heterocycles. The van der Waals surface area contributed by atoms with Gasteiger partial charge in [-0.3, -0.25) is 19.0 Å². The molecular weight excluding hydrogens is 428 g/mol. The van der Waals surface area contributed by atoms with Gasteiger partial charge in [0.1, 0.15) is 12.2 Å². The molecule has 0 radical (unpaired) electrons. The van der Waals surface area contributed by atoms with Crippen LogP contribution in [0.2, 0.25) is 0 Å². The van der Waals surface area contributed by atoms with Gasteiger partial charge in [0.25, 0.3) is 5.56 Å². The van der Waals surface area contributed by atoms with Gasteiger partial charge in [-0.05, 0) is 62.1 Å². The molecule has 1 saturated carbocycles. The molecule has 2 amide bonds. The molecule has 0 atom stereocenters. The minimum Gasteiger partial charge on any atom is -0.353 e. The summed E-state index contributed by atoms with van der Waals surface area (Å²) in [6.45, 7) is 3.87. The Balaban J connectivity index is 1.51. The lowest BCUT2D eigenvalue weighted by Crippen LogP contribution is -2.37. The van der Waals surface area contributed by atoms with Crippen molar-refractivity contribution in [1.82, 2.24) is 14.9 Å². The molecule has 34 heavy (non-hydrogen) atoms. The van der Waals surface area contributed by atoms with Crippen molar-refractivity contribution >= 4 is 28.5 Å². The van der Waals surface area contributed by atoms with Gasteiger partial charge < -0.3 is 10.6 Å². The zero-order chi connectivity index (χ0) is 24.1. The predicted molar refractivity (Wildman–Crippen MR) is 134 cm³/mol. The van der Waals surface area contributed by atoms with Crippen LogP contribution in [0.3, 0.4) is 0 Å². The van der Waals surface area contributed by atoms with E-state index in [1.807, 2.05) is 50.2 Å². The first kappa shape index (κ1) is 23.7. The molecule has 1 aromatic heterocycles. The molecule has 0 saturated heterocycles. The zero-order valence-electron chi connectivity index (χ0n) is 19.9. The van der Waals surface area contributed by atoms with Crippen LogP contribution in [0, 0.1) is 13.8 Å². The number of rotatable bonds is 7. The number of hydrogen-bond donors (Lipinski definition) is 2. The average molecular weight is 461 g/mol. The number of benzene rings is 2. The molecular formula is C27H32N4O3. The van der Waals surface area contributed by atoms with Crippen LogP contribution in [-0.4, -0.2) is 27.4 Å². The number of carbonyl (C=O) groups is 2. The lowest BCUT2D eigenvalue weighted by Gasteiger charge is -2.22. The van der Waals surface area contributed by atoms with E-state index in [0.29, 0.717) is 22.4 Å². The Morgan fingerprint density at radius 3 is 2.53 bits per heavy atom. The second kappa shape index (κ2) is 10.6. The van der Waals surface area contributed by atoms with Gasteiger partial charge in [0.15, 0.2) is 0 Å². The minimum absolute atomic E-state index is 0.0553. The van der Waals surface area contributed by atoms with Crippen LogP contribution in [0.15, 0.2) is 47.3 Å². The van der Waals surface area contributed by atoms with E-state index in [9.17, 15) is 14.4 Å². The highest BCUT2D eigenvalue weighted by atomic mass is 16.2. The number of fused-ring (bicyclic) bond motifs is 1. The summed E-state index contributed by atoms with van der Waals surface area (Å²) in [6.07, 6.45) is 5.99. The number of para-hydroxylation sites is 2. The lowest BCUT2D eigenvalue weighted by molar-refractivity contribution is -0.122. The van der Waals surface area contributed by atoms with Crippen molar-refractivity contribution in [2.45, 2.75) is 71.4 Å². The quantitative estimate of drug-likeness (QED) is 0.557. The van der Waals surface area contributed by atoms with E-state index in [1.54, 1.807) is 6.07 Å². The molecule has 178 valence electrons. The van der Waals surface area contributed by atoms with Gasteiger partial charge in [-0.15, -0.1) is 0 Å². The van der Waals surface area contributed by atoms with Crippen LogP contribution < -0.4 is 16.2 Å². The van der Waals surface area contributed by atoms with Crippen molar-refractivity contribution in [3.63, 3.8) is 0 Å². The van der Waals surface area contributed by atoms with Crippen LogP contribution in [0.1, 0.15) is 55.3 Å². The molecule has 1 aliphatic carbocycles. The van der Waals surface area contributed by atoms with Gasteiger partial charge in [-0.1, -0.05) is 37.5 Å². The van der Waals surface area contributed by atoms with E-state index in [4.69, 9.17) is 0 Å². The van der Waals surface area contributed by atoms with Gasteiger partial charge in [0.2, 0.25) is 11.8 Å². The van der Waals surface area contributed by atoms with Crippen molar-refractivity contribution in [2.75, 3.05) is 5.32 Å². The maximum atomic E-state index is 13.3. The fourth-order valence-electron chi connectivity index (χ4n) is 4.51. The Bertz CT molecular complexity index is 1260. The van der Waals surface area contributed by atoms with Crippen molar-refractivity contribution in [2.24, 2.45) is 0 Å². The van der Waals surface area contributed by atoms with E-state index in [0.717, 1.165) is 36.8 Å². The van der Waals surface area contributed by atoms with E-state index in [2.05, 4.69) is 15.6 Å². The maximum absolute atomic E-state index is 13.3. The van der Waals surface area contributed by atoms with E-state index >= 15 is 0 Å². The van der Waals surface area contributed by atoms with Crippen molar-refractivity contribution in [3.8, 4) is 0 Å². The third-order valence-corrected chi connectivity index (χ3v) is 6.57. The largest absolute Gasteiger partial charge is 0.353 e. The third kappa shape index (κ3) is 5.71. The van der Waals surface area contributed by atoms with Crippen LogP contribution >= 0.6 is 0 Å². The van der Waals surface area contributed by atoms with Crippen LogP contribution in [0.5, 0.6) is 0 Å². The summed E-state index contributed by atoms with van der Waals surface area (Å²) < 4.78 is 1.45. The minimum atomic E-state index is -0.334. The van der Waals surface area contributed by atoms with Gasteiger partial charge in [-0.25, -0.2) is 4.98 Å². The molecule has 0 bridgehead atoms. The topological polar surface area (TPSA) is 93.1 Å². The highest BCUT2D eigenvalue weighted by molar-refractivity contribution is 5.91. The molecule has 4 rings (SSSR count).